The van der Waals surface area contributed by atoms with Gasteiger partial charge in [-0.05, 0) is 74.4 Å². The van der Waals surface area contributed by atoms with Crippen LogP contribution in [0.1, 0.15) is 49.1 Å². The van der Waals surface area contributed by atoms with E-state index in [2.05, 4.69) is 84.3 Å². The van der Waals surface area contributed by atoms with E-state index in [1.54, 1.807) is 7.05 Å². The van der Waals surface area contributed by atoms with Crippen LogP contribution in [-0.4, -0.2) is 56.6 Å². The molecule has 0 spiro atoms. The van der Waals surface area contributed by atoms with Gasteiger partial charge in [-0.1, -0.05) is 42.5 Å². The summed E-state index contributed by atoms with van der Waals surface area (Å²) >= 11 is 0. The number of rotatable bonds is 7. The Kier molecular flexibility index (Phi) is 6.92. The summed E-state index contributed by atoms with van der Waals surface area (Å²) in [5.74, 6) is 1.64. The molecule has 0 bridgehead atoms. The number of amides is 1. The third kappa shape index (κ3) is 5.19. The molecule has 1 amide bonds. The predicted molar refractivity (Wildman–Crippen MR) is 150 cm³/mol. The zero-order valence-corrected chi connectivity index (χ0v) is 21.7. The molecule has 3 N–H and O–H groups in total. The first-order valence-corrected chi connectivity index (χ1v) is 13.5. The van der Waals surface area contributed by atoms with Gasteiger partial charge in [-0.3, -0.25) is 4.90 Å². The van der Waals surface area contributed by atoms with Crippen LogP contribution in [0.5, 0.6) is 0 Å². The molecule has 1 aliphatic heterocycles. The van der Waals surface area contributed by atoms with Crippen LogP contribution in [0, 0.1) is 0 Å². The summed E-state index contributed by atoms with van der Waals surface area (Å²) < 4.78 is 1.47. The summed E-state index contributed by atoms with van der Waals surface area (Å²) in [6, 6.07) is 19.3. The van der Waals surface area contributed by atoms with Gasteiger partial charge in [0.05, 0.1) is 0 Å². The molecule has 0 radical (unpaired) electrons. The molecular formula is C29H34N8O. The number of hydrogen-bond acceptors (Lipinski definition) is 7. The molecule has 2 aromatic heterocycles. The standard InChI is InChI=1S/C29H34N8O/c1-30-26-25-27(37(19-31-25)29(38)33-23-10-6-11-23)35-28(34-26)32-24-12-5-7-20(17-24)18-36-15-13-22(14-16-36)21-8-3-2-4-9-21/h2-5,7-9,12,17,19,22-23H,6,10-11,13-16,18H2,1H3,(H,33,38)(H2,30,32,34,35). The van der Waals surface area contributed by atoms with Crippen molar-refractivity contribution in [3.05, 3.63) is 72.1 Å². The zero-order valence-electron chi connectivity index (χ0n) is 21.7. The molecule has 0 atom stereocenters. The Morgan fingerprint density at radius 3 is 2.55 bits per heavy atom. The second-order valence-electron chi connectivity index (χ2n) is 10.3. The van der Waals surface area contributed by atoms with Crippen LogP contribution < -0.4 is 16.0 Å². The van der Waals surface area contributed by atoms with Crippen molar-refractivity contribution in [2.75, 3.05) is 30.8 Å². The highest BCUT2D eigenvalue weighted by molar-refractivity contribution is 5.92. The number of benzene rings is 2. The van der Waals surface area contributed by atoms with E-state index in [1.807, 2.05) is 6.07 Å². The normalized spacial score (nSPS) is 16.8. The Hall–Kier alpha value is -3.98. The molecular weight excluding hydrogens is 476 g/mol. The lowest BCUT2D eigenvalue weighted by Crippen LogP contribution is -2.41. The molecule has 2 fully saturated rings. The van der Waals surface area contributed by atoms with E-state index < -0.39 is 0 Å². The predicted octanol–water partition coefficient (Wildman–Crippen LogP) is 5.10. The van der Waals surface area contributed by atoms with E-state index in [-0.39, 0.29) is 12.1 Å². The van der Waals surface area contributed by atoms with Crippen molar-refractivity contribution in [2.45, 2.75) is 50.6 Å². The van der Waals surface area contributed by atoms with Gasteiger partial charge in [-0.15, -0.1) is 0 Å². The minimum absolute atomic E-state index is 0.207. The highest BCUT2D eigenvalue weighted by atomic mass is 16.2. The van der Waals surface area contributed by atoms with Crippen molar-refractivity contribution >= 4 is 34.6 Å². The zero-order chi connectivity index (χ0) is 25.9. The van der Waals surface area contributed by atoms with Gasteiger partial charge in [0.1, 0.15) is 6.33 Å². The molecule has 196 valence electrons. The Balaban J connectivity index is 1.14. The minimum atomic E-state index is -0.207. The maximum absolute atomic E-state index is 12.8. The van der Waals surface area contributed by atoms with Crippen molar-refractivity contribution in [3.8, 4) is 0 Å². The number of piperidine rings is 1. The van der Waals surface area contributed by atoms with Crippen LogP contribution >= 0.6 is 0 Å². The lowest BCUT2D eigenvalue weighted by atomic mass is 9.89. The second-order valence-corrected chi connectivity index (χ2v) is 10.3. The molecule has 3 heterocycles. The average Bonchev–Trinajstić information content (AvgIpc) is 3.35. The summed E-state index contributed by atoms with van der Waals surface area (Å²) in [6.45, 7) is 3.09. The average molecular weight is 511 g/mol. The third-order valence-electron chi connectivity index (χ3n) is 7.73. The topological polar surface area (TPSA) is 100 Å². The fourth-order valence-electron chi connectivity index (χ4n) is 5.36. The molecule has 38 heavy (non-hydrogen) atoms. The van der Waals surface area contributed by atoms with Gasteiger partial charge in [-0.25, -0.2) is 14.3 Å². The monoisotopic (exact) mass is 510 g/mol. The van der Waals surface area contributed by atoms with Gasteiger partial charge >= 0.3 is 6.03 Å². The van der Waals surface area contributed by atoms with Crippen molar-refractivity contribution < 1.29 is 4.79 Å². The number of fused-ring (bicyclic) bond motifs is 1. The molecule has 1 aliphatic carbocycles. The second kappa shape index (κ2) is 10.8. The first kappa shape index (κ1) is 24.4. The summed E-state index contributed by atoms with van der Waals surface area (Å²) in [7, 11) is 1.79. The number of likely N-dealkylation sites (tertiary alicyclic amines) is 1. The molecule has 2 aliphatic rings. The number of aromatic nitrogens is 4. The van der Waals surface area contributed by atoms with E-state index in [9.17, 15) is 4.79 Å². The lowest BCUT2D eigenvalue weighted by Gasteiger charge is -2.32. The van der Waals surface area contributed by atoms with Gasteiger partial charge in [-0.2, -0.15) is 9.97 Å². The third-order valence-corrected chi connectivity index (χ3v) is 7.73. The van der Waals surface area contributed by atoms with E-state index >= 15 is 0 Å². The number of imidazole rings is 1. The lowest BCUT2D eigenvalue weighted by molar-refractivity contribution is 0.204. The molecule has 9 heteroatoms. The van der Waals surface area contributed by atoms with Crippen molar-refractivity contribution in [1.29, 1.82) is 0 Å². The fourth-order valence-corrected chi connectivity index (χ4v) is 5.36. The van der Waals surface area contributed by atoms with E-state index in [1.165, 1.54) is 34.9 Å². The van der Waals surface area contributed by atoms with Gasteiger partial charge < -0.3 is 16.0 Å². The maximum Gasteiger partial charge on any atom is 0.328 e. The molecule has 0 unspecified atom stereocenters. The van der Waals surface area contributed by atoms with Crippen molar-refractivity contribution in [2.24, 2.45) is 0 Å². The van der Waals surface area contributed by atoms with E-state index in [0.29, 0.717) is 28.8 Å². The smallest absolute Gasteiger partial charge is 0.328 e. The van der Waals surface area contributed by atoms with Crippen molar-refractivity contribution in [3.63, 3.8) is 0 Å². The number of anilines is 3. The fraction of sp³-hybridized carbons (Fsp3) is 0.379. The van der Waals surface area contributed by atoms with Gasteiger partial charge in [0, 0.05) is 25.3 Å². The minimum Gasteiger partial charge on any atom is -0.371 e. The number of carbonyl (C=O) groups is 1. The quantitative estimate of drug-likeness (QED) is 0.318. The van der Waals surface area contributed by atoms with Crippen LogP contribution in [0.4, 0.5) is 22.2 Å². The Morgan fingerprint density at radius 2 is 1.82 bits per heavy atom. The first-order valence-electron chi connectivity index (χ1n) is 13.5. The molecule has 2 aromatic carbocycles. The summed E-state index contributed by atoms with van der Waals surface area (Å²) in [5, 5.41) is 9.48. The van der Waals surface area contributed by atoms with E-state index in [0.717, 1.165) is 44.6 Å². The number of carbonyl (C=O) groups excluding carboxylic acids is 1. The van der Waals surface area contributed by atoms with Crippen LogP contribution in [0.25, 0.3) is 11.2 Å². The number of nitrogens with one attached hydrogen (secondary N) is 3. The van der Waals surface area contributed by atoms with Gasteiger partial charge in [0.15, 0.2) is 17.0 Å². The molecule has 6 rings (SSSR count). The van der Waals surface area contributed by atoms with Gasteiger partial charge in [0.25, 0.3) is 0 Å². The summed E-state index contributed by atoms with van der Waals surface area (Å²) in [4.78, 5) is 29.0. The number of nitrogens with zero attached hydrogens (tertiary/aromatic N) is 5. The van der Waals surface area contributed by atoms with Crippen LogP contribution in [0.3, 0.4) is 0 Å². The molecule has 9 nitrogen and oxygen atoms in total. The molecule has 1 saturated heterocycles. The molecule has 1 saturated carbocycles. The maximum atomic E-state index is 12.8. The molecule has 4 aromatic rings. The SMILES string of the molecule is CNc1nc(Nc2cccc(CN3CCC(c4ccccc4)CC3)c2)nc2c1ncn2C(=O)NC1CCC1. The van der Waals surface area contributed by atoms with Crippen molar-refractivity contribution in [1.82, 2.24) is 29.7 Å². The Morgan fingerprint density at radius 1 is 1.00 bits per heavy atom. The Bertz CT molecular complexity index is 1410. The summed E-state index contributed by atoms with van der Waals surface area (Å²) in [6.07, 6.45) is 7.07. The van der Waals surface area contributed by atoms with Crippen LogP contribution in [0.2, 0.25) is 0 Å². The van der Waals surface area contributed by atoms with Crippen LogP contribution in [0.15, 0.2) is 60.9 Å². The number of hydrogen-bond donors (Lipinski definition) is 3. The Labute approximate surface area is 222 Å². The highest BCUT2D eigenvalue weighted by Gasteiger charge is 2.23. The largest absolute Gasteiger partial charge is 0.371 e. The van der Waals surface area contributed by atoms with Gasteiger partial charge in [0.2, 0.25) is 5.95 Å². The highest BCUT2D eigenvalue weighted by Crippen LogP contribution is 2.29. The van der Waals surface area contributed by atoms with Crippen LogP contribution in [-0.2, 0) is 6.54 Å². The van der Waals surface area contributed by atoms with E-state index in [4.69, 9.17) is 0 Å². The summed E-state index contributed by atoms with van der Waals surface area (Å²) in [5.41, 5.74) is 4.65. The first-order chi connectivity index (χ1) is 18.7.